The van der Waals surface area contributed by atoms with Crippen molar-refractivity contribution in [2.75, 3.05) is 0 Å². The van der Waals surface area contributed by atoms with Gasteiger partial charge in [-0.15, -0.1) is 0 Å². The molecule has 0 saturated carbocycles. The largest absolute Gasteiger partial charge is 0.280 e. The van der Waals surface area contributed by atoms with E-state index in [0.717, 1.165) is 0 Å². The lowest BCUT2D eigenvalue weighted by Crippen LogP contribution is -2.44. The van der Waals surface area contributed by atoms with Gasteiger partial charge in [0.2, 0.25) is 11.8 Å². The van der Waals surface area contributed by atoms with E-state index < -0.39 is 0 Å². The molecule has 16 heavy (non-hydrogen) atoms. The maximum absolute atomic E-state index is 12.2. The van der Waals surface area contributed by atoms with Gasteiger partial charge in [0.25, 0.3) is 0 Å². The second kappa shape index (κ2) is 4.23. The number of amides is 2. The van der Waals surface area contributed by atoms with Crippen LogP contribution in [0.25, 0.3) is 0 Å². The van der Waals surface area contributed by atoms with Crippen molar-refractivity contribution in [3.05, 3.63) is 0 Å². The number of carbonyl (C=O) groups is 2. The molecular formula is C12H22BNO2. The van der Waals surface area contributed by atoms with Crippen LogP contribution in [0.15, 0.2) is 0 Å². The van der Waals surface area contributed by atoms with Gasteiger partial charge in [-0.25, -0.2) is 0 Å². The standard InChI is InChI=1S/C12H22BNO2/c1-7(2)9-6-10(15)14(11(9)16)8(3)12(4,5)13/h7-9H,6,13H2,1-5H3. The summed E-state index contributed by atoms with van der Waals surface area (Å²) in [5.74, 6) is 0.138. The lowest BCUT2D eigenvalue weighted by atomic mass is 9.67. The van der Waals surface area contributed by atoms with Gasteiger partial charge in [-0.3, -0.25) is 14.5 Å². The van der Waals surface area contributed by atoms with Gasteiger partial charge in [0.1, 0.15) is 7.85 Å². The van der Waals surface area contributed by atoms with Gasteiger partial charge in [0, 0.05) is 18.4 Å². The summed E-state index contributed by atoms with van der Waals surface area (Å²) in [7, 11) is 2.06. The minimum absolute atomic E-state index is 0.00822. The van der Waals surface area contributed by atoms with E-state index in [1.165, 1.54) is 4.90 Å². The normalized spacial score (nSPS) is 24.4. The van der Waals surface area contributed by atoms with Crippen LogP contribution in [0.4, 0.5) is 0 Å². The minimum Gasteiger partial charge on any atom is -0.280 e. The van der Waals surface area contributed by atoms with Crippen molar-refractivity contribution in [1.29, 1.82) is 0 Å². The predicted molar refractivity (Wildman–Crippen MR) is 66.8 cm³/mol. The van der Waals surface area contributed by atoms with Crippen LogP contribution >= 0.6 is 0 Å². The van der Waals surface area contributed by atoms with Crippen molar-refractivity contribution in [2.24, 2.45) is 11.8 Å². The molecule has 0 bridgehead atoms. The summed E-state index contributed by atoms with van der Waals surface area (Å²) >= 11 is 0. The Morgan fingerprint density at radius 3 is 2.12 bits per heavy atom. The van der Waals surface area contributed by atoms with Crippen molar-refractivity contribution in [3.8, 4) is 0 Å². The molecule has 0 N–H and O–H groups in total. The Morgan fingerprint density at radius 2 is 1.81 bits per heavy atom. The van der Waals surface area contributed by atoms with Gasteiger partial charge in [-0.2, -0.15) is 0 Å². The maximum Gasteiger partial charge on any atom is 0.233 e. The summed E-state index contributed by atoms with van der Waals surface area (Å²) in [6.45, 7) is 10.1. The Hall–Kier alpha value is -0.795. The zero-order valence-electron chi connectivity index (χ0n) is 11.2. The topological polar surface area (TPSA) is 37.4 Å². The van der Waals surface area contributed by atoms with Crippen LogP contribution < -0.4 is 0 Å². The average Bonchev–Trinajstić information content (AvgIpc) is 2.39. The molecule has 0 aromatic rings. The van der Waals surface area contributed by atoms with Crippen molar-refractivity contribution < 1.29 is 9.59 Å². The van der Waals surface area contributed by atoms with Gasteiger partial charge < -0.3 is 0 Å². The molecule has 1 aliphatic rings. The summed E-state index contributed by atoms with van der Waals surface area (Å²) in [6.07, 6.45) is 0.386. The maximum atomic E-state index is 12.2. The highest BCUT2D eigenvalue weighted by Crippen LogP contribution is 2.35. The summed E-state index contributed by atoms with van der Waals surface area (Å²) in [6, 6.07) is -0.0313. The number of carbonyl (C=O) groups excluding carboxylic acids is 2. The third-order valence-corrected chi connectivity index (χ3v) is 3.66. The van der Waals surface area contributed by atoms with Crippen LogP contribution in [-0.4, -0.2) is 30.6 Å². The molecule has 1 rings (SSSR count). The SMILES string of the molecule is BC(C)(C)C(C)N1C(=O)CC(C(C)C)C1=O. The van der Waals surface area contributed by atoms with E-state index in [4.69, 9.17) is 0 Å². The Balaban J connectivity index is 2.91. The first kappa shape index (κ1) is 13.3. The van der Waals surface area contributed by atoms with Gasteiger partial charge in [0.15, 0.2) is 0 Å². The van der Waals surface area contributed by atoms with E-state index in [0.29, 0.717) is 6.42 Å². The van der Waals surface area contributed by atoms with Crippen LogP contribution in [0.2, 0.25) is 5.31 Å². The molecule has 0 aromatic heterocycles. The molecule has 3 nitrogen and oxygen atoms in total. The van der Waals surface area contributed by atoms with E-state index in [9.17, 15) is 9.59 Å². The molecule has 0 aliphatic carbocycles. The molecule has 0 aromatic carbocycles. The monoisotopic (exact) mass is 223 g/mol. The van der Waals surface area contributed by atoms with Gasteiger partial charge >= 0.3 is 0 Å². The van der Waals surface area contributed by atoms with E-state index in [1.807, 2.05) is 20.8 Å². The number of nitrogens with zero attached hydrogens (tertiary/aromatic N) is 1. The lowest BCUT2D eigenvalue weighted by molar-refractivity contribution is -0.142. The fourth-order valence-corrected chi connectivity index (χ4v) is 1.99. The zero-order valence-corrected chi connectivity index (χ0v) is 11.2. The van der Waals surface area contributed by atoms with Crippen molar-refractivity contribution in [3.63, 3.8) is 0 Å². The molecule has 2 amide bonds. The van der Waals surface area contributed by atoms with Gasteiger partial charge in [-0.05, 0) is 18.2 Å². The number of hydrogen-bond donors (Lipinski definition) is 0. The molecule has 1 saturated heterocycles. The van der Waals surface area contributed by atoms with Crippen LogP contribution in [0, 0.1) is 11.8 Å². The fourth-order valence-electron chi connectivity index (χ4n) is 1.99. The van der Waals surface area contributed by atoms with E-state index in [1.54, 1.807) is 0 Å². The summed E-state index contributed by atoms with van der Waals surface area (Å²) in [5, 5.41) is -0.0583. The minimum atomic E-state index is -0.114. The Morgan fingerprint density at radius 1 is 1.31 bits per heavy atom. The van der Waals surface area contributed by atoms with Crippen LogP contribution in [0.1, 0.15) is 41.0 Å². The molecule has 2 unspecified atom stereocenters. The number of hydrogen-bond acceptors (Lipinski definition) is 2. The molecule has 1 fully saturated rings. The van der Waals surface area contributed by atoms with E-state index >= 15 is 0 Å². The highest BCUT2D eigenvalue weighted by Gasteiger charge is 2.44. The molecule has 90 valence electrons. The Labute approximate surface area is 99.0 Å². The molecule has 0 spiro atoms. The highest BCUT2D eigenvalue weighted by molar-refractivity contribution is 6.16. The van der Waals surface area contributed by atoms with Crippen LogP contribution in [0.3, 0.4) is 0 Å². The highest BCUT2D eigenvalue weighted by atomic mass is 16.2. The third kappa shape index (κ3) is 2.31. The average molecular weight is 223 g/mol. The summed E-state index contributed by atoms with van der Waals surface area (Å²) < 4.78 is 0. The predicted octanol–water partition coefficient (Wildman–Crippen LogP) is 1.24. The molecule has 0 radical (unpaired) electrons. The van der Waals surface area contributed by atoms with E-state index in [2.05, 4.69) is 21.7 Å². The second-order valence-electron chi connectivity index (χ2n) is 6.20. The molecule has 4 heteroatoms. The van der Waals surface area contributed by atoms with Crippen LogP contribution in [-0.2, 0) is 9.59 Å². The van der Waals surface area contributed by atoms with Gasteiger partial charge in [-0.1, -0.05) is 27.7 Å². The first-order valence-electron chi connectivity index (χ1n) is 6.02. The van der Waals surface area contributed by atoms with Crippen molar-refractivity contribution in [1.82, 2.24) is 4.90 Å². The van der Waals surface area contributed by atoms with Crippen molar-refractivity contribution >= 4 is 19.7 Å². The van der Waals surface area contributed by atoms with E-state index in [-0.39, 0.29) is 35.0 Å². The number of imide groups is 1. The second-order valence-corrected chi connectivity index (χ2v) is 6.20. The quantitative estimate of drug-likeness (QED) is 0.533. The molecule has 1 heterocycles. The summed E-state index contributed by atoms with van der Waals surface area (Å²) in [4.78, 5) is 25.5. The third-order valence-electron chi connectivity index (χ3n) is 3.66. The number of likely N-dealkylation sites (tertiary alicyclic amines) is 1. The Bertz CT molecular complexity index is 307. The zero-order chi connectivity index (χ0) is 12.7. The number of rotatable bonds is 3. The Kier molecular flexibility index (Phi) is 3.51. The first-order chi connectivity index (χ1) is 7.16. The van der Waals surface area contributed by atoms with Crippen LogP contribution in [0.5, 0.6) is 0 Å². The van der Waals surface area contributed by atoms with Crippen molar-refractivity contribution in [2.45, 2.75) is 52.4 Å². The smallest absolute Gasteiger partial charge is 0.233 e. The molecular weight excluding hydrogens is 201 g/mol. The van der Waals surface area contributed by atoms with Gasteiger partial charge in [0.05, 0.1) is 0 Å². The lowest BCUT2D eigenvalue weighted by Gasteiger charge is -2.34. The molecule has 2 atom stereocenters. The fraction of sp³-hybridized carbons (Fsp3) is 0.833. The molecule has 1 aliphatic heterocycles. The summed E-state index contributed by atoms with van der Waals surface area (Å²) in [5.41, 5.74) is 0. The first-order valence-corrected chi connectivity index (χ1v) is 6.02.